The molecule has 1 rings (SSSR count). The predicted molar refractivity (Wildman–Crippen MR) is 53.1 cm³/mol. The summed E-state index contributed by atoms with van der Waals surface area (Å²) in [5, 5.41) is 8.60. The normalized spacial score (nSPS) is 12.8. The molecule has 0 fully saturated rings. The fourth-order valence-corrected chi connectivity index (χ4v) is 2.17. The highest BCUT2D eigenvalue weighted by molar-refractivity contribution is 7.12. The van der Waals surface area contributed by atoms with Gasteiger partial charge in [-0.25, -0.2) is 0 Å². The molecular formula is C9H13NO2S. The maximum atomic E-state index is 10.5. The third kappa shape index (κ3) is 2.54. The van der Waals surface area contributed by atoms with Gasteiger partial charge in [0.15, 0.2) is 0 Å². The Kier molecular flexibility index (Phi) is 3.06. The zero-order valence-corrected chi connectivity index (χ0v) is 8.52. The quantitative estimate of drug-likeness (QED) is 0.771. The van der Waals surface area contributed by atoms with E-state index in [2.05, 4.69) is 0 Å². The molecule has 0 saturated carbocycles. The molecule has 0 aromatic carbocycles. The minimum Gasteiger partial charge on any atom is -0.480 e. The van der Waals surface area contributed by atoms with Gasteiger partial charge in [0.1, 0.15) is 6.04 Å². The minimum atomic E-state index is -0.941. The Hall–Kier alpha value is -0.870. The average Bonchev–Trinajstić information content (AvgIpc) is 2.31. The monoisotopic (exact) mass is 199 g/mol. The van der Waals surface area contributed by atoms with E-state index >= 15 is 0 Å². The predicted octanol–water partition coefficient (Wildman–Crippen LogP) is 1.32. The first-order chi connectivity index (χ1) is 6.00. The van der Waals surface area contributed by atoms with E-state index in [4.69, 9.17) is 10.8 Å². The second kappa shape index (κ2) is 3.89. The molecule has 3 N–H and O–H groups in total. The van der Waals surface area contributed by atoms with E-state index in [0.717, 1.165) is 4.88 Å². The summed E-state index contributed by atoms with van der Waals surface area (Å²) in [6.45, 7) is 4.04. The lowest BCUT2D eigenvalue weighted by molar-refractivity contribution is -0.138. The third-order valence-corrected chi connectivity index (χ3v) is 3.13. The summed E-state index contributed by atoms with van der Waals surface area (Å²) >= 11 is 1.62. The van der Waals surface area contributed by atoms with E-state index in [9.17, 15) is 4.79 Å². The van der Waals surface area contributed by atoms with Gasteiger partial charge < -0.3 is 10.8 Å². The van der Waals surface area contributed by atoms with Crippen molar-refractivity contribution < 1.29 is 9.90 Å². The number of carbonyl (C=O) groups is 1. The van der Waals surface area contributed by atoms with Crippen LogP contribution in [0.5, 0.6) is 0 Å². The van der Waals surface area contributed by atoms with E-state index in [1.807, 2.05) is 19.9 Å². The summed E-state index contributed by atoms with van der Waals surface area (Å²) < 4.78 is 0. The van der Waals surface area contributed by atoms with Gasteiger partial charge in [0.05, 0.1) is 0 Å². The van der Waals surface area contributed by atoms with Gasteiger partial charge in [0.2, 0.25) is 0 Å². The Balaban J connectivity index is 2.69. The van der Waals surface area contributed by atoms with Crippen LogP contribution < -0.4 is 5.73 Å². The molecule has 0 aliphatic carbocycles. The van der Waals surface area contributed by atoms with Gasteiger partial charge in [-0.05, 0) is 25.5 Å². The largest absolute Gasteiger partial charge is 0.480 e. The van der Waals surface area contributed by atoms with Gasteiger partial charge in [0.25, 0.3) is 0 Å². The van der Waals surface area contributed by atoms with Gasteiger partial charge in [-0.2, -0.15) is 0 Å². The van der Waals surface area contributed by atoms with E-state index in [1.165, 1.54) is 10.4 Å². The molecule has 0 amide bonds. The molecule has 0 radical (unpaired) electrons. The number of carboxylic acids is 1. The van der Waals surface area contributed by atoms with Crippen LogP contribution in [0.2, 0.25) is 0 Å². The Morgan fingerprint density at radius 2 is 2.31 bits per heavy atom. The molecule has 1 aromatic rings. The Morgan fingerprint density at radius 3 is 2.69 bits per heavy atom. The zero-order valence-electron chi connectivity index (χ0n) is 7.70. The first kappa shape index (κ1) is 10.2. The summed E-state index contributed by atoms with van der Waals surface area (Å²) in [6, 6.07) is 1.22. The lowest BCUT2D eigenvalue weighted by atomic mass is 10.2. The number of rotatable bonds is 3. The van der Waals surface area contributed by atoms with Crippen LogP contribution in [0.1, 0.15) is 15.3 Å². The van der Waals surface area contributed by atoms with E-state index in [0.29, 0.717) is 6.42 Å². The third-order valence-electron chi connectivity index (χ3n) is 1.96. The Bertz CT molecular complexity index is 300. The van der Waals surface area contributed by atoms with E-state index in [-0.39, 0.29) is 0 Å². The van der Waals surface area contributed by atoms with Crippen molar-refractivity contribution in [3.05, 3.63) is 21.4 Å². The maximum absolute atomic E-state index is 10.5. The van der Waals surface area contributed by atoms with Crippen molar-refractivity contribution in [2.75, 3.05) is 0 Å². The molecule has 1 aromatic heterocycles. The molecule has 72 valence electrons. The molecular weight excluding hydrogens is 186 g/mol. The van der Waals surface area contributed by atoms with Gasteiger partial charge in [-0.3, -0.25) is 4.79 Å². The second-order valence-corrected chi connectivity index (χ2v) is 4.44. The molecule has 1 atom stereocenters. The van der Waals surface area contributed by atoms with Crippen molar-refractivity contribution in [3.8, 4) is 0 Å². The molecule has 3 nitrogen and oxygen atoms in total. The fraction of sp³-hybridized carbons (Fsp3) is 0.444. The number of nitrogens with two attached hydrogens (primary N) is 1. The second-order valence-electron chi connectivity index (χ2n) is 3.10. The Morgan fingerprint density at radius 1 is 1.69 bits per heavy atom. The van der Waals surface area contributed by atoms with Crippen LogP contribution >= 0.6 is 11.3 Å². The van der Waals surface area contributed by atoms with Crippen molar-refractivity contribution in [1.29, 1.82) is 0 Å². The topological polar surface area (TPSA) is 63.3 Å². The van der Waals surface area contributed by atoms with Gasteiger partial charge in [-0.15, -0.1) is 11.3 Å². The van der Waals surface area contributed by atoms with Gasteiger partial charge >= 0.3 is 5.97 Å². The molecule has 0 aliphatic rings. The van der Waals surface area contributed by atoms with Gasteiger partial charge in [0, 0.05) is 16.2 Å². The van der Waals surface area contributed by atoms with Crippen LogP contribution in [0.15, 0.2) is 6.07 Å². The van der Waals surface area contributed by atoms with Crippen molar-refractivity contribution in [2.45, 2.75) is 26.3 Å². The first-order valence-electron chi connectivity index (χ1n) is 4.05. The molecule has 13 heavy (non-hydrogen) atoms. The highest BCUT2D eigenvalue weighted by Gasteiger charge is 2.13. The van der Waals surface area contributed by atoms with Crippen molar-refractivity contribution >= 4 is 17.3 Å². The van der Waals surface area contributed by atoms with Crippen LogP contribution in [0.25, 0.3) is 0 Å². The average molecular weight is 199 g/mol. The van der Waals surface area contributed by atoms with Crippen LogP contribution in [-0.4, -0.2) is 17.1 Å². The smallest absolute Gasteiger partial charge is 0.320 e. The molecule has 0 bridgehead atoms. The number of hydrogen-bond acceptors (Lipinski definition) is 3. The van der Waals surface area contributed by atoms with Crippen molar-refractivity contribution in [3.63, 3.8) is 0 Å². The highest BCUT2D eigenvalue weighted by Crippen LogP contribution is 2.21. The van der Waals surface area contributed by atoms with Gasteiger partial charge in [-0.1, -0.05) is 0 Å². The first-order valence-corrected chi connectivity index (χ1v) is 4.86. The highest BCUT2D eigenvalue weighted by atomic mass is 32.1. The van der Waals surface area contributed by atoms with Crippen molar-refractivity contribution in [1.82, 2.24) is 0 Å². The SMILES string of the molecule is Cc1cc(CC(N)C(=O)O)sc1C. The van der Waals surface area contributed by atoms with Crippen LogP contribution in [0.3, 0.4) is 0 Å². The molecule has 0 aliphatic heterocycles. The maximum Gasteiger partial charge on any atom is 0.320 e. The van der Waals surface area contributed by atoms with E-state index in [1.54, 1.807) is 11.3 Å². The summed E-state index contributed by atoms with van der Waals surface area (Å²) in [5.41, 5.74) is 6.62. The Labute approximate surface area is 81.2 Å². The molecule has 4 heteroatoms. The summed E-state index contributed by atoms with van der Waals surface area (Å²) in [4.78, 5) is 12.8. The molecule has 0 saturated heterocycles. The number of carboxylic acid groups (broad SMARTS) is 1. The number of aryl methyl sites for hydroxylation is 2. The zero-order chi connectivity index (χ0) is 10.0. The summed E-state index contributed by atoms with van der Waals surface area (Å²) in [6.07, 6.45) is 0.425. The van der Waals surface area contributed by atoms with Crippen LogP contribution in [0.4, 0.5) is 0 Å². The summed E-state index contributed by atoms with van der Waals surface area (Å²) in [5.74, 6) is -0.941. The van der Waals surface area contributed by atoms with E-state index < -0.39 is 12.0 Å². The number of aliphatic carboxylic acids is 1. The minimum absolute atomic E-state index is 0.425. The number of thiophene rings is 1. The number of hydrogen-bond donors (Lipinski definition) is 2. The molecule has 1 heterocycles. The van der Waals surface area contributed by atoms with Crippen molar-refractivity contribution in [2.24, 2.45) is 5.73 Å². The lowest BCUT2D eigenvalue weighted by Gasteiger charge is -2.02. The fourth-order valence-electron chi connectivity index (χ4n) is 1.05. The van der Waals surface area contributed by atoms with Crippen LogP contribution in [-0.2, 0) is 11.2 Å². The van der Waals surface area contributed by atoms with Crippen LogP contribution in [0, 0.1) is 13.8 Å². The summed E-state index contributed by atoms with van der Waals surface area (Å²) in [7, 11) is 0. The lowest BCUT2D eigenvalue weighted by Crippen LogP contribution is -2.31. The standard InChI is InChI=1S/C9H13NO2S/c1-5-3-7(13-6(5)2)4-8(10)9(11)12/h3,8H,4,10H2,1-2H3,(H,11,12). The molecule has 1 unspecified atom stereocenters. The molecule has 0 spiro atoms.